The second-order valence-electron chi connectivity index (χ2n) is 12.8. The molecule has 9 rings (SSSR count). The minimum Gasteiger partial charge on any atom is -0.310 e. The maximum absolute atomic E-state index is 3.84. The van der Waals surface area contributed by atoms with Gasteiger partial charge in [0, 0.05) is 22.6 Å². The van der Waals surface area contributed by atoms with Crippen LogP contribution in [0.2, 0.25) is 0 Å². The van der Waals surface area contributed by atoms with Gasteiger partial charge in [0.1, 0.15) is 5.41 Å². The second kappa shape index (κ2) is 12.4. The van der Waals surface area contributed by atoms with E-state index >= 15 is 0 Å². The summed E-state index contributed by atoms with van der Waals surface area (Å²) in [6, 6.07) is 71.5. The highest BCUT2D eigenvalue weighted by Crippen LogP contribution is 2.53. The van der Waals surface area contributed by atoms with E-state index in [0.717, 1.165) is 28.2 Å². The number of fused-ring (bicyclic) bond motifs is 4. The zero-order chi connectivity index (χ0) is 33.3. The summed E-state index contributed by atoms with van der Waals surface area (Å²) in [6.07, 6.45) is 0. The van der Waals surface area contributed by atoms with Gasteiger partial charge in [-0.3, -0.25) is 0 Å². The first-order chi connectivity index (χ1) is 24.8. The lowest BCUT2D eigenvalue weighted by Gasteiger charge is -2.28. The van der Waals surface area contributed by atoms with Crippen LogP contribution in [0.15, 0.2) is 200 Å². The summed E-state index contributed by atoms with van der Waals surface area (Å²) in [6.45, 7) is 0. The molecule has 50 heavy (non-hydrogen) atoms. The quantitative estimate of drug-likeness (QED) is 0.170. The normalized spacial score (nSPS) is 14.3. The minimum atomic E-state index is -0.612. The zero-order valence-corrected chi connectivity index (χ0v) is 27.5. The molecule has 0 saturated carbocycles. The molecule has 1 aliphatic rings. The fourth-order valence-corrected chi connectivity index (χ4v) is 7.50. The molecule has 0 fully saturated rings. The lowest BCUT2D eigenvalue weighted by atomic mass is 9.72. The van der Waals surface area contributed by atoms with E-state index in [1.807, 2.05) is 6.07 Å². The number of benzene rings is 8. The molecule has 234 valence electrons. The average molecular weight is 636 g/mol. The van der Waals surface area contributed by atoms with Crippen molar-refractivity contribution in [1.82, 2.24) is 0 Å². The molecule has 1 atom stereocenters. The van der Waals surface area contributed by atoms with Gasteiger partial charge in [-0.05, 0) is 104 Å². The van der Waals surface area contributed by atoms with Crippen LogP contribution in [-0.2, 0) is 5.41 Å². The average Bonchev–Trinajstić information content (AvgIpc) is 3.48. The van der Waals surface area contributed by atoms with Crippen LogP contribution in [0.1, 0.15) is 22.3 Å². The van der Waals surface area contributed by atoms with Gasteiger partial charge < -0.3 is 4.90 Å². The Morgan fingerprint density at radius 1 is 0.380 bits per heavy atom. The number of nitrogens with zero attached hydrogens (tertiary/aromatic N) is 1. The van der Waals surface area contributed by atoms with Gasteiger partial charge in [0.05, 0.1) is 0 Å². The Balaban J connectivity index is 1.17. The molecule has 8 aromatic rings. The van der Waals surface area contributed by atoms with E-state index in [1.165, 1.54) is 44.2 Å². The van der Waals surface area contributed by atoms with E-state index in [-0.39, 0.29) is 0 Å². The van der Waals surface area contributed by atoms with E-state index < -0.39 is 5.41 Å². The van der Waals surface area contributed by atoms with Crippen LogP contribution < -0.4 is 4.90 Å². The molecule has 1 unspecified atom stereocenters. The van der Waals surface area contributed by atoms with Crippen molar-refractivity contribution in [1.29, 1.82) is 0 Å². The predicted molar refractivity (Wildman–Crippen MR) is 209 cm³/mol. The Labute approximate surface area is 293 Å². The van der Waals surface area contributed by atoms with Gasteiger partial charge in [-0.25, -0.2) is 0 Å². The largest absolute Gasteiger partial charge is 0.310 e. The molecule has 0 saturated heterocycles. The molecule has 0 N–H and O–H groups in total. The van der Waals surface area contributed by atoms with Crippen LogP contribution >= 0.6 is 0 Å². The molecule has 0 heterocycles. The van der Waals surface area contributed by atoms with E-state index in [4.69, 9.17) is 0 Å². The van der Waals surface area contributed by atoms with Gasteiger partial charge in [-0.1, -0.05) is 157 Å². The summed E-state index contributed by atoms with van der Waals surface area (Å²) in [7, 11) is 0. The lowest BCUT2D eigenvalue weighted by molar-refractivity contribution is 0.837. The van der Waals surface area contributed by atoms with Crippen molar-refractivity contribution < 1.29 is 0 Å². The first-order valence-corrected chi connectivity index (χ1v) is 17.1. The molecular weight excluding hydrogens is 603 g/mol. The number of hydrogen-bond donors (Lipinski definition) is 0. The molecule has 0 amide bonds. The maximum atomic E-state index is 3.84. The number of hydrogen-bond acceptors (Lipinski definition) is 1. The third-order valence-corrected chi connectivity index (χ3v) is 9.88. The number of anilines is 3. The fourth-order valence-electron chi connectivity index (χ4n) is 7.50. The third-order valence-electron chi connectivity index (χ3n) is 9.88. The summed E-state index contributed by atoms with van der Waals surface area (Å²) in [5.74, 6) is 7.41. The van der Waals surface area contributed by atoms with Crippen molar-refractivity contribution in [2.45, 2.75) is 5.41 Å². The summed E-state index contributed by atoms with van der Waals surface area (Å²) in [5, 5.41) is 2.46. The Bertz CT molecular complexity index is 2520. The highest BCUT2D eigenvalue weighted by molar-refractivity contribution is 5.91. The summed E-state index contributed by atoms with van der Waals surface area (Å²) in [5.41, 5.74) is 12.2. The standard InChI is InChI=1S/C49H33N/c1-4-14-36(15-5-1)32-33-49(41-18-6-2-7-19-41)47-23-13-12-22-45(47)46-31-27-40(35-48(46)49)38-24-28-43(29-25-38)50(42-20-8-3-9-21-42)44-30-26-37-16-10-11-17-39(37)34-44/h1-31,34-35H. The minimum absolute atomic E-state index is 0.612. The van der Waals surface area contributed by atoms with Crippen molar-refractivity contribution in [2.24, 2.45) is 0 Å². The molecule has 0 bridgehead atoms. The molecule has 1 aliphatic carbocycles. The molecule has 8 aromatic carbocycles. The molecule has 0 aromatic heterocycles. The van der Waals surface area contributed by atoms with Crippen LogP contribution in [0.25, 0.3) is 33.0 Å². The molecule has 0 spiro atoms. The Morgan fingerprint density at radius 3 is 1.74 bits per heavy atom. The van der Waals surface area contributed by atoms with Gasteiger partial charge in [0.15, 0.2) is 0 Å². The van der Waals surface area contributed by atoms with Crippen molar-refractivity contribution in [3.05, 3.63) is 222 Å². The van der Waals surface area contributed by atoms with Gasteiger partial charge in [0.25, 0.3) is 0 Å². The van der Waals surface area contributed by atoms with Crippen molar-refractivity contribution in [3.8, 4) is 34.1 Å². The summed E-state index contributed by atoms with van der Waals surface area (Å²) in [4.78, 5) is 2.33. The lowest BCUT2D eigenvalue weighted by Crippen LogP contribution is -2.25. The third kappa shape index (κ3) is 5.07. The van der Waals surface area contributed by atoms with E-state index in [1.54, 1.807) is 0 Å². The topological polar surface area (TPSA) is 3.24 Å². The van der Waals surface area contributed by atoms with Gasteiger partial charge in [0.2, 0.25) is 0 Å². The van der Waals surface area contributed by atoms with Crippen molar-refractivity contribution in [3.63, 3.8) is 0 Å². The molecule has 1 nitrogen and oxygen atoms in total. The van der Waals surface area contributed by atoms with E-state index in [9.17, 15) is 0 Å². The van der Waals surface area contributed by atoms with Gasteiger partial charge in [-0.15, -0.1) is 0 Å². The monoisotopic (exact) mass is 635 g/mol. The Hall–Kier alpha value is -6.62. The van der Waals surface area contributed by atoms with Gasteiger partial charge >= 0.3 is 0 Å². The van der Waals surface area contributed by atoms with Crippen LogP contribution in [0, 0.1) is 11.8 Å². The second-order valence-corrected chi connectivity index (χ2v) is 12.8. The van der Waals surface area contributed by atoms with Crippen LogP contribution in [0.5, 0.6) is 0 Å². The summed E-state index contributed by atoms with van der Waals surface area (Å²) < 4.78 is 0. The smallest absolute Gasteiger partial charge is 0.108 e. The highest BCUT2D eigenvalue weighted by atomic mass is 15.1. The molecular formula is C49H33N. The summed E-state index contributed by atoms with van der Waals surface area (Å²) >= 11 is 0. The van der Waals surface area contributed by atoms with Crippen molar-refractivity contribution in [2.75, 3.05) is 4.90 Å². The van der Waals surface area contributed by atoms with E-state index in [2.05, 4.69) is 211 Å². The first kappa shape index (κ1) is 29.5. The predicted octanol–water partition coefficient (Wildman–Crippen LogP) is 12.3. The van der Waals surface area contributed by atoms with Crippen molar-refractivity contribution >= 4 is 27.8 Å². The first-order valence-electron chi connectivity index (χ1n) is 17.1. The molecule has 0 aliphatic heterocycles. The van der Waals surface area contributed by atoms with Crippen LogP contribution in [0.4, 0.5) is 17.1 Å². The zero-order valence-electron chi connectivity index (χ0n) is 27.5. The SMILES string of the molecule is C(#CC1(c2ccccc2)c2ccccc2-c2ccc(-c3ccc(N(c4ccccc4)c4ccc5ccccc5c4)cc3)cc21)c1ccccc1. The Morgan fingerprint density at radius 2 is 0.960 bits per heavy atom. The number of rotatable bonds is 5. The van der Waals surface area contributed by atoms with Crippen LogP contribution in [0.3, 0.4) is 0 Å². The maximum Gasteiger partial charge on any atom is 0.108 e. The van der Waals surface area contributed by atoms with E-state index in [0.29, 0.717) is 0 Å². The number of para-hydroxylation sites is 1. The van der Waals surface area contributed by atoms with Gasteiger partial charge in [-0.2, -0.15) is 0 Å². The highest BCUT2D eigenvalue weighted by Gasteiger charge is 2.43. The fraction of sp³-hybridized carbons (Fsp3) is 0.0204. The Kier molecular flexibility index (Phi) is 7.34. The van der Waals surface area contributed by atoms with Crippen LogP contribution in [-0.4, -0.2) is 0 Å². The molecule has 1 heteroatoms. The molecule has 0 radical (unpaired) electrons.